The number of H-pyrrole nitrogens is 1. The average Bonchev–Trinajstić information content (AvgIpc) is 3.47. The van der Waals surface area contributed by atoms with Gasteiger partial charge in [0, 0.05) is 17.3 Å². The number of aromatic amines is 1. The molecule has 3 heterocycles. The van der Waals surface area contributed by atoms with Crippen molar-refractivity contribution in [2.24, 2.45) is 0 Å². The molecule has 1 aromatic carbocycles. The standard InChI is InChI=1S/C21H27N9O2/c1-3-4-5-15(12-31)23-20-18-16(24-21(22)25-20)8-9-30(18)11-14-10-13(6-7-17(14)32-2)19-26-28-29-27-19/h6-10,15,31H,3-5,11-12H2,1-2H3,(H3,22,23,24,25)(H,26,27,28,29). The number of anilines is 2. The van der Waals surface area contributed by atoms with Crippen LogP contribution in [0.15, 0.2) is 30.5 Å². The van der Waals surface area contributed by atoms with Crippen LogP contribution >= 0.6 is 0 Å². The van der Waals surface area contributed by atoms with E-state index in [0.29, 0.717) is 18.2 Å². The minimum Gasteiger partial charge on any atom is -0.496 e. The molecule has 0 aliphatic heterocycles. The van der Waals surface area contributed by atoms with E-state index in [1.807, 2.05) is 35.0 Å². The summed E-state index contributed by atoms with van der Waals surface area (Å²) in [5, 5.41) is 27.4. The van der Waals surface area contributed by atoms with Gasteiger partial charge in [-0.3, -0.25) is 0 Å². The van der Waals surface area contributed by atoms with Crippen LogP contribution in [0.5, 0.6) is 5.75 Å². The van der Waals surface area contributed by atoms with Crippen LogP contribution in [-0.2, 0) is 6.54 Å². The first-order valence-electron chi connectivity index (χ1n) is 10.5. The number of nitrogens with zero attached hydrogens (tertiary/aromatic N) is 6. The van der Waals surface area contributed by atoms with Gasteiger partial charge in [0.2, 0.25) is 11.8 Å². The first-order valence-corrected chi connectivity index (χ1v) is 10.5. The molecule has 0 radical (unpaired) electrons. The van der Waals surface area contributed by atoms with Gasteiger partial charge in [0.05, 0.1) is 31.8 Å². The number of hydrogen-bond donors (Lipinski definition) is 4. The van der Waals surface area contributed by atoms with Gasteiger partial charge in [-0.15, -0.1) is 10.2 Å². The Hall–Kier alpha value is -3.73. The maximum atomic E-state index is 9.82. The van der Waals surface area contributed by atoms with Gasteiger partial charge in [0.25, 0.3) is 0 Å². The second-order valence-electron chi connectivity index (χ2n) is 7.54. The molecule has 32 heavy (non-hydrogen) atoms. The molecule has 0 spiro atoms. The van der Waals surface area contributed by atoms with Gasteiger partial charge in [-0.1, -0.05) is 19.8 Å². The Morgan fingerprint density at radius 3 is 2.88 bits per heavy atom. The van der Waals surface area contributed by atoms with Crippen LogP contribution in [0.3, 0.4) is 0 Å². The fourth-order valence-corrected chi connectivity index (χ4v) is 3.72. The molecular weight excluding hydrogens is 410 g/mol. The lowest BCUT2D eigenvalue weighted by molar-refractivity contribution is 0.267. The van der Waals surface area contributed by atoms with Gasteiger partial charge in [-0.2, -0.15) is 10.2 Å². The van der Waals surface area contributed by atoms with Crippen LogP contribution in [0.1, 0.15) is 31.7 Å². The number of aliphatic hydroxyl groups excluding tert-OH is 1. The highest BCUT2D eigenvalue weighted by Gasteiger charge is 2.17. The number of methoxy groups -OCH3 is 1. The molecule has 4 rings (SSSR count). The Labute approximate surface area is 185 Å². The SMILES string of the molecule is CCCCC(CO)Nc1nc(N)nc2ccn(Cc3cc(-c4nn[nH]n4)ccc3OC)c12. The summed E-state index contributed by atoms with van der Waals surface area (Å²) >= 11 is 0. The van der Waals surface area contributed by atoms with E-state index in [0.717, 1.165) is 47.2 Å². The van der Waals surface area contributed by atoms with E-state index in [2.05, 4.69) is 42.8 Å². The maximum Gasteiger partial charge on any atom is 0.222 e. The summed E-state index contributed by atoms with van der Waals surface area (Å²) in [7, 11) is 1.64. The van der Waals surface area contributed by atoms with E-state index < -0.39 is 0 Å². The molecule has 0 bridgehead atoms. The number of rotatable bonds is 10. The Morgan fingerprint density at radius 2 is 2.16 bits per heavy atom. The number of benzene rings is 1. The summed E-state index contributed by atoms with van der Waals surface area (Å²) in [5.41, 5.74) is 9.23. The third kappa shape index (κ3) is 4.47. The lowest BCUT2D eigenvalue weighted by Gasteiger charge is -2.19. The number of nitrogens with one attached hydrogen (secondary N) is 2. The summed E-state index contributed by atoms with van der Waals surface area (Å²) in [6.45, 7) is 2.63. The summed E-state index contributed by atoms with van der Waals surface area (Å²) in [5.74, 6) is 2.02. The summed E-state index contributed by atoms with van der Waals surface area (Å²) in [4.78, 5) is 8.81. The third-order valence-corrected chi connectivity index (χ3v) is 5.32. The first-order chi connectivity index (χ1) is 15.6. The molecule has 0 fully saturated rings. The highest BCUT2D eigenvalue weighted by Crippen LogP contribution is 2.29. The number of nitrogen functional groups attached to an aromatic ring is 1. The van der Waals surface area contributed by atoms with E-state index in [-0.39, 0.29) is 18.6 Å². The Kier molecular flexibility index (Phi) is 6.45. The maximum absolute atomic E-state index is 9.82. The van der Waals surface area contributed by atoms with Gasteiger partial charge >= 0.3 is 0 Å². The number of ether oxygens (including phenoxy) is 1. The fraction of sp³-hybridized carbons (Fsp3) is 0.381. The van der Waals surface area contributed by atoms with Crippen molar-refractivity contribution in [3.63, 3.8) is 0 Å². The molecule has 11 nitrogen and oxygen atoms in total. The van der Waals surface area contributed by atoms with Gasteiger partial charge in [-0.25, -0.2) is 4.98 Å². The minimum atomic E-state index is -0.119. The Bertz CT molecular complexity index is 1170. The number of unbranched alkanes of at least 4 members (excludes halogenated alkanes) is 1. The molecule has 1 atom stereocenters. The lowest BCUT2D eigenvalue weighted by atomic mass is 10.1. The second-order valence-corrected chi connectivity index (χ2v) is 7.54. The summed E-state index contributed by atoms with van der Waals surface area (Å²) in [6, 6.07) is 7.52. The molecule has 0 saturated heterocycles. The van der Waals surface area contributed by atoms with Crippen molar-refractivity contribution in [2.45, 2.75) is 38.8 Å². The summed E-state index contributed by atoms with van der Waals surface area (Å²) in [6.07, 6.45) is 4.82. The molecule has 0 amide bonds. The molecule has 0 aliphatic carbocycles. The third-order valence-electron chi connectivity index (χ3n) is 5.32. The van der Waals surface area contributed by atoms with Crippen molar-refractivity contribution >= 4 is 22.8 Å². The number of fused-ring (bicyclic) bond motifs is 1. The first kappa shape index (κ1) is 21.5. The van der Waals surface area contributed by atoms with Crippen molar-refractivity contribution in [3.05, 3.63) is 36.0 Å². The number of tetrazole rings is 1. The van der Waals surface area contributed by atoms with Crippen molar-refractivity contribution in [1.29, 1.82) is 0 Å². The quantitative estimate of drug-likeness (QED) is 0.292. The Morgan fingerprint density at radius 1 is 1.28 bits per heavy atom. The van der Waals surface area contributed by atoms with Crippen molar-refractivity contribution < 1.29 is 9.84 Å². The number of aliphatic hydroxyl groups is 1. The molecule has 0 aliphatic rings. The average molecular weight is 438 g/mol. The van der Waals surface area contributed by atoms with Crippen LogP contribution < -0.4 is 15.8 Å². The van der Waals surface area contributed by atoms with Crippen LogP contribution in [-0.4, -0.2) is 60.0 Å². The normalized spacial score (nSPS) is 12.2. The smallest absolute Gasteiger partial charge is 0.222 e. The molecular formula is C21H27N9O2. The van der Waals surface area contributed by atoms with Gasteiger partial charge < -0.3 is 25.5 Å². The van der Waals surface area contributed by atoms with E-state index in [4.69, 9.17) is 10.5 Å². The fourth-order valence-electron chi connectivity index (χ4n) is 3.72. The van der Waals surface area contributed by atoms with Crippen LogP contribution in [0.4, 0.5) is 11.8 Å². The van der Waals surface area contributed by atoms with Crippen LogP contribution in [0, 0.1) is 0 Å². The van der Waals surface area contributed by atoms with Crippen LogP contribution in [0.25, 0.3) is 22.4 Å². The predicted octanol–water partition coefficient (Wildman–Crippen LogP) is 2.21. The predicted molar refractivity (Wildman–Crippen MR) is 121 cm³/mol. The van der Waals surface area contributed by atoms with E-state index in [9.17, 15) is 5.11 Å². The molecule has 168 valence electrons. The van der Waals surface area contributed by atoms with Crippen molar-refractivity contribution in [2.75, 3.05) is 24.8 Å². The molecule has 11 heteroatoms. The molecule has 5 N–H and O–H groups in total. The zero-order chi connectivity index (χ0) is 22.5. The number of nitrogens with two attached hydrogens (primary N) is 1. The minimum absolute atomic E-state index is 0.00662. The molecule has 3 aromatic heterocycles. The zero-order valence-corrected chi connectivity index (χ0v) is 18.1. The molecule has 1 unspecified atom stereocenters. The molecule has 4 aromatic rings. The van der Waals surface area contributed by atoms with Crippen molar-refractivity contribution in [1.82, 2.24) is 35.2 Å². The van der Waals surface area contributed by atoms with E-state index in [1.165, 1.54) is 0 Å². The lowest BCUT2D eigenvalue weighted by Crippen LogP contribution is -2.25. The largest absolute Gasteiger partial charge is 0.496 e. The van der Waals surface area contributed by atoms with Crippen LogP contribution in [0.2, 0.25) is 0 Å². The van der Waals surface area contributed by atoms with Gasteiger partial charge in [-0.05, 0) is 35.9 Å². The highest BCUT2D eigenvalue weighted by atomic mass is 16.5. The Balaban J connectivity index is 1.72. The monoisotopic (exact) mass is 437 g/mol. The van der Waals surface area contributed by atoms with Crippen molar-refractivity contribution in [3.8, 4) is 17.1 Å². The van der Waals surface area contributed by atoms with Gasteiger partial charge in [0.15, 0.2) is 5.82 Å². The summed E-state index contributed by atoms with van der Waals surface area (Å²) < 4.78 is 7.61. The highest BCUT2D eigenvalue weighted by molar-refractivity contribution is 5.87. The van der Waals surface area contributed by atoms with E-state index >= 15 is 0 Å². The second kappa shape index (κ2) is 9.60. The topological polar surface area (TPSA) is 153 Å². The number of hydrogen-bond acceptors (Lipinski definition) is 9. The number of aromatic nitrogens is 7. The zero-order valence-electron chi connectivity index (χ0n) is 18.1. The van der Waals surface area contributed by atoms with Gasteiger partial charge in [0.1, 0.15) is 11.3 Å². The molecule has 0 saturated carbocycles. The van der Waals surface area contributed by atoms with E-state index in [1.54, 1.807) is 7.11 Å².